The Bertz CT molecular complexity index is 1290. The number of carbonyl (C=O) groups excluding carboxylic acids is 3. The van der Waals surface area contributed by atoms with Crippen molar-refractivity contribution in [2.24, 2.45) is 18.9 Å². The van der Waals surface area contributed by atoms with Crippen LogP contribution in [0.2, 0.25) is 0 Å². The quantitative estimate of drug-likeness (QED) is 0.565. The molecule has 3 fully saturated rings. The number of imide groups is 1. The molecule has 2 aromatic rings. The second kappa shape index (κ2) is 11.1. The first-order chi connectivity index (χ1) is 18.9. The van der Waals surface area contributed by atoms with E-state index in [1.807, 2.05) is 38.8 Å². The number of likely N-dealkylation sites (tertiary alicyclic amines) is 2. The van der Waals surface area contributed by atoms with Crippen LogP contribution in [-0.4, -0.2) is 75.8 Å². The lowest BCUT2D eigenvalue weighted by molar-refractivity contribution is -0.134. The third-order valence-corrected chi connectivity index (χ3v) is 8.82. The average molecular weight is 556 g/mol. The van der Waals surface area contributed by atoms with E-state index in [9.17, 15) is 14.4 Å². The lowest BCUT2D eigenvalue weighted by Crippen LogP contribution is -2.48. The van der Waals surface area contributed by atoms with E-state index in [0.717, 1.165) is 51.0 Å². The van der Waals surface area contributed by atoms with E-state index in [1.54, 1.807) is 4.68 Å². The number of carbonyl (C=O) groups is 3. The van der Waals surface area contributed by atoms with Crippen molar-refractivity contribution >= 4 is 28.8 Å². The molecule has 0 bridgehead atoms. The maximum atomic E-state index is 15.5. The number of fused-ring (bicyclic) bond motifs is 1. The third kappa shape index (κ3) is 6.01. The van der Waals surface area contributed by atoms with Crippen LogP contribution in [0.1, 0.15) is 82.9 Å². The number of benzene rings is 1. The van der Waals surface area contributed by atoms with Gasteiger partial charge in [-0.25, -0.2) is 9.18 Å². The fourth-order valence-corrected chi connectivity index (χ4v) is 6.56. The number of hydrogen-bond donors (Lipinski definition) is 1. The number of aryl methyl sites for hydroxylation is 1. The van der Waals surface area contributed by atoms with Crippen molar-refractivity contribution in [2.45, 2.75) is 77.2 Å². The number of ether oxygens (including phenoxy) is 1. The Hall–Kier alpha value is -3.01. The monoisotopic (exact) mass is 555 g/mol. The van der Waals surface area contributed by atoms with Gasteiger partial charge in [0.1, 0.15) is 11.4 Å². The molecule has 0 radical (unpaired) electrons. The molecule has 4 heterocycles. The molecule has 1 N–H and O–H groups in total. The van der Waals surface area contributed by atoms with E-state index >= 15 is 4.39 Å². The van der Waals surface area contributed by atoms with Gasteiger partial charge in [0, 0.05) is 38.5 Å². The van der Waals surface area contributed by atoms with Gasteiger partial charge in [-0.3, -0.25) is 19.6 Å². The van der Waals surface area contributed by atoms with Crippen molar-refractivity contribution in [3.05, 3.63) is 29.2 Å². The summed E-state index contributed by atoms with van der Waals surface area (Å²) in [4.78, 5) is 40.8. The number of hydrogen-bond acceptors (Lipinski definition) is 6. The Kier molecular flexibility index (Phi) is 7.92. The van der Waals surface area contributed by atoms with E-state index in [1.165, 1.54) is 6.07 Å². The predicted octanol–water partition coefficient (Wildman–Crippen LogP) is 4.31. The average Bonchev–Trinajstić information content (AvgIpc) is 3.19. The summed E-state index contributed by atoms with van der Waals surface area (Å²) in [6, 6.07) is 3.44. The normalized spacial score (nSPS) is 25.4. The summed E-state index contributed by atoms with van der Waals surface area (Å²) in [6.45, 7) is 12.1. The number of halogens is 1. The zero-order valence-corrected chi connectivity index (χ0v) is 24.3. The molecule has 218 valence electrons. The fraction of sp³-hybridized carbons (Fsp3) is 0.667. The van der Waals surface area contributed by atoms with Crippen molar-refractivity contribution in [2.75, 3.05) is 32.7 Å². The number of amides is 3. The summed E-state index contributed by atoms with van der Waals surface area (Å²) in [6.07, 6.45) is 3.14. The van der Waals surface area contributed by atoms with Crippen LogP contribution in [0.15, 0.2) is 12.1 Å². The van der Waals surface area contributed by atoms with Crippen molar-refractivity contribution < 1.29 is 23.5 Å². The van der Waals surface area contributed by atoms with Crippen LogP contribution in [0.5, 0.6) is 0 Å². The predicted molar refractivity (Wildman–Crippen MR) is 149 cm³/mol. The largest absolute Gasteiger partial charge is 0.444 e. The molecule has 0 saturated carbocycles. The van der Waals surface area contributed by atoms with Crippen molar-refractivity contribution in [3.8, 4) is 0 Å². The number of rotatable bonds is 4. The lowest BCUT2D eigenvalue weighted by atomic mass is 9.84. The van der Waals surface area contributed by atoms with Gasteiger partial charge in [0.25, 0.3) is 0 Å². The van der Waals surface area contributed by atoms with Crippen LogP contribution < -0.4 is 5.32 Å². The van der Waals surface area contributed by atoms with Gasteiger partial charge in [0.2, 0.25) is 11.8 Å². The minimum atomic E-state index is -0.548. The highest BCUT2D eigenvalue weighted by Gasteiger charge is 2.35. The molecule has 1 aromatic carbocycles. The van der Waals surface area contributed by atoms with E-state index in [2.05, 4.69) is 22.2 Å². The minimum Gasteiger partial charge on any atom is -0.444 e. The Morgan fingerprint density at radius 2 is 1.85 bits per heavy atom. The highest BCUT2D eigenvalue weighted by Crippen LogP contribution is 2.37. The van der Waals surface area contributed by atoms with E-state index in [0.29, 0.717) is 41.4 Å². The number of nitrogens with zero attached hydrogens (tertiary/aromatic N) is 4. The summed E-state index contributed by atoms with van der Waals surface area (Å²) < 4.78 is 22.8. The van der Waals surface area contributed by atoms with Crippen molar-refractivity contribution in [1.29, 1.82) is 0 Å². The summed E-state index contributed by atoms with van der Waals surface area (Å²) >= 11 is 0. The van der Waals surface area contributed by atoms with Crippen LogP contribution in [0.3, 0.4) is 0 Å². The number of piperidine rings is 3. The maximum absolute atomic E-state index is 15.5. The maximum Gasteiger partial charge on any atom is 0.410 e. The van der Waals surface area contributed by atoms with Crippen LogP contribution >= 0.6 is 0 Å². The first kappa shape index (κ1) is 28.5. The van der Waals surface area contributed by atoms with Crippen LogP contribution in [0.4, 0.5) is 9.18 Å². The van der Waals surface area contributed by atoms with E-state index in [-0.39, 0.29) is 36.1 Å². The lowest BCUT2D eigenvalue weighted by Gasteiger charge is -2.41. The van der Waals surface area contributed by atoms with Gasteiger partial charge >= 0.3 is 6.09 Å². The Labute approximate surface area is 235 Å². The molecule has 5 rings (SSSR count). The molecule has 1 aromatic heterocycles. The fourth-order valence-electron chi connectivity index (χ4n) is 6.56. The zero-order valence-electron chi connectivity index (χ0n) is 24.3. The second-order valence-corrected chi connectivity index (χ2v) is 12.9. The van der Waals surface area contributed by atoms with Gasteiger partial charge in [-0.1, -0.05) is 6.92 Å². The second-order valence-electron chi connectivity index (χ2n) is 12.9. The molecule has 9 nitrogen and oxygen atoms in total. The first-order valence-electron chi connectivity index (χ1n) is 14.6. The van der Waals surface area contributed by atoms with Crippen LogP contribution in [0.25, 0.3) is 10.9 Å². The summed E-state index contributed by atoms with van der Waals surface area (Å²) in [5.41, 5.74) is 1.57. The molecule has 1 unspecified atom stereocenters. The van der Waals surface area contributed by atoms with Gasteiger partial charge in [0.15, 0.2) is 0 Å². The van der Waals surface area contributed by atoms with Gasteiger partial charge in [-0.2, -0.15) is 5.10 Å². The zero-order chi connectivity index (χ0) is 28.8. The van der Waals surface area contributed by atoms with Crippen LogP contribution in [0, 0.1) is 17.7 Å². The highest BCUT2D eigenvalue weighted by molar-refractivity contribution is 6.02. The molecule has 3 atom stereocenters. The molecular formula is C30H42FN5O4. The summed E-state index contributed by atoms with van der Waals surface area (Å²) in [5, 5.41) is 7.59. The SMILES string of the molecule is C[C@H]1CN(C(=O)OC(C)(C)C)CC[C@H]1CN1CCC(c2cc3c(cc2F)c(C2CCC(=O)NC2=O)nn3C)CC1. The van der Waals surface area contributed by atoms with Gasteiger partial charge in [-0.05, 0) is 95.0 Å². The smallest absolute Gasteiger partial charge is 0.410 e. The van der Waals surface area contributed by atoms with E-state index < -0.39 is 11.5 Å². The van der Waals surface area contributed by atoms with Gasteiger partial charge in [0.05, 0.1) is 17.1 Å². The molecule has 10 heteroatoms. The van der Waals surface area contributed by atoms with Crippen molar-refractivity contribution in [1.82, 2.24) is 24.9 Å². The molecule has 40 heavy (non-hydrogen) atoms. The Balaban J connectivity index is 1.20. The Morgan fingerprint density at radius 1 is 1.12 bits per heavy atom. The third-order valence-electron chi connectivity index (χ3n) is 8.82. The van der Waals surface area contributed by atoms with Crippen molar-refractivity contribution in [3.63, 3.8) is 0 Å². The standard InChI is InChI=1S/C30H42FN5O4/c1-18-16-36(29(39)40-30(2,3)4)13-10-20(18)17-35-11-8-19(9-12-35)22-15-25-23(14-24(22)31)27(33-34(25)5)21-6-7-26(37)32-28(21)38/h14-15,18-21H,6-13,16-17H2,1-5H3,(H,32,37,38)/t18-,20-,21?/m0/s1. The Morgan fingerprint density at radius 3 is 2.50 bits per heavy atom. The summed E-state index contributed by atoms with van der Waals surface area (Å²) in [7, 11) is 1.82. The minimum absolute atomic E-state index is 0.126. The van der Waals surface area contributed by atoms with Gasteiger partial charge in [-0.15, -0.1) is 0 Å². The number of nitrogens with one attached hydrogen (secondary N) is 1. The highest BCUT2D eigenvalue weighted by atomic mass is 19.1. The molecule has 3 saturated heterocycles. The topological polar surface area (TPSA) is 96.8 Å². The van der Waals surface area contributed by atoms with Gasteiger partial charge < -0.3 is 14.5 Å². The van der Waals surface area contributed by atoms with Crippen LogP contribution in [-0.2, 0) is 21.4 Å². The molecule has 0 spiro atoms. The van der Waals surface area contributed by atoms with E-state index in [4.69, 9.17) is 4.74 Å². The molecule has 3 aliphatic rings. The molecule has 3 amide bonds. The molecule has 3 aliphatic heterocycles. The summed E-state index contributed by atoms with van der Waals surface area (Å²) in [5.74, 6) is -0.407. The number of aromatic nitrogens is 2. The molecular weight excluding hydrogens is 513 g/mol. The molecule has 0 aliphatic carbocycles. The first-order valence-corrected chi connectivity index (χ1v) is 14.6.